The maximum absolute atomic E-state index is 12.4. The number of nitrogens with zero attached hydrogens (tertiary/aromatic N) is 2. The molecule has 198 valence electrons. The SMILES string of the molecule is CN1C(=O)\C(=C/C=C/C=C2/N(CCCNC(=O)CI)c3ccc(S(=O)(=O)O)cc3C2(C)C)C(=O)NC1=S. The first kappa shape index (κ1) is 28.9. The van der Waals surface area contributed by atoms with Crippen LogP contribution in [0.4, 0.5) is 5.69 Å². The van der Waals surface area contributed by atoms with Gasteiger partial charge in [0.15, 0.2) is 5.11 Å². The minimum absolute atomic E-state index is 0.0401. The monoisotopic (exact) mass is 658 g/mol. The summed E-state index contributed by atoms with van der Waals surface area (Å²) in [7, 11) is -2.91. The molecule has 3 N–H and O–H groups in total. The minimum atomic E-state index is -4.39. The molecule has 0 saturated carbocycles. The van der Waals surface area contributed by atoms with Crippen molar-refractivity contribution in [2.24, 2.45) is 0 Å². The van der Waals surface area contributed by atoms with Gasteiger partial charge in [-0.3, -0.25) is 29.2 Å². The Morgan fingerprint density at radius 2 is 1.92 bits per heavy atom. The summed E-state index contributed by atoms with van der Waals surface area (Å²) in [5.41, 5.74) is 1.65. The summed E-state index contributed by atoms with van der Waals surface area (Å²) in [5, 5.41) is 5.33. The highest BCUT2D eigenvalue weighted by atomic mass is 127. The largest absolute Gasteiger partial charge is 0.355 e. The van der Waals surface area contributed by atoms with Crippen molar-refractivity contribution in [1.29, 1.82) is 0 Å². The fourth-order valence-corrected chi connectivity index (χ4v) is 5.08. The summed E-state index contributed by atoms with van der Waals surface area (Å²) in [6.07, 6.45) is 7.13. The van der Waals surface area contributed by atoms with E-state index in [1.54, 1.807) is 18.2 Å². The first-order chi connectivity index (χ1) is 17.3. The molecule has 0 aromatic heterocycles. The Kier molecular flexibility index (Phi) is 8.93. The summed E-state index contributed by atoms with van der Waals surface area (Å²) < 4.78 is 33.5. The maximum atomic E-state index is 12.4. The molecule has 0 atom stereocenters. The maximum Gasteiger partial charge on any atom is 0.294 e. The zero-order chi connectivity index (χ0) is 27.5. The molecule has 0 unspecified atom stereocenters. The lowest BCUT2D eigenvalue weighted by Crippen LogP contribution is -2.52. The second-order valence-corrected chi connectivity index (χ2v) is 11.5. The van der Waals surface area contributed by atoms with E-state index in [9.17, 15) is 27.4 Å². The molecule has 2 aliphatic rings. The Labute approximate surface area is 234 Å². The van der Waals surface area contributed by atoms with E-state index >= 15 is 0 Å². The smallest absolute Gasteiger partial charge is 0.294 e. The number of likely N-dealkylation sites (N-methyl/N-ethyl adjacent to an activating group) is 1. The van der Waals surface area contributed by atoms with Crippen molar-refractivity contribution in [3.8, 4) is 0 Å². The average Bonchev–Trinajstić information content (AvgIpc) is 3.04. The van der Waals surface area contributed by atoms with E-state index in [0.29, 0.717) is 29.5 Å². The third-order valence-corrected chi connectivity index (χ3v) is 8.01. The highest BCUT2D eigenvalue weighted by Gasteiger charge is 2.40. The van der Waals surface area contributed by atoms with Crippen molar-refractivity contribution in [3.05, 3.63) is 59.3 Å². The number of hydrogen-bond acceptors (Lipinski definition) is 7. The van der Waals surface area contributed by atoms with E-state index in [1.165, 1.54) is 30.2 Å². The third-order valence-electron chi connectivity index (χ3n) is 6.10. The molecule has 0 spiro atoms. The van der Waals surface area contributed by atoms with Crippen molar-refractivity contribution in [2.75, 3.05) is 29.5 Å². The van der Waals surface area contributed by atoms with Crippen molar-refractivity contribution in [3.63, 3.8) is 0 Å². The van der Waals surface area contributed by atoms with Crippen molar-refractivity contribution >= 4 is 73.4 Å². The summed E-state index contributed by atoms with van der Waals surface area (Å²) in [4.78, 5) is 39.2. The van der Waals surface area contributed by atoms with Gasteiger partial charge in [-0.25, -0.2) is 0 Å². The predicted molar refractivity (Wildman–Crippen MR) is 152 cm³/mol. The van der Waals surface area contributed by atoms with Crippen LogP contribution in [0.3, 0.4) is 0 Å². The molecule has 0 radical (unpaired) electrons. The predicted octanol–water partition coefficient (Wildman–Crippen LogP) is 2.21. The second kappa shape index (κ2) is 11.4. The summed E-state index contributed by atoms with van der Waals surface area (Å²) >= 11 is 6.94. The highest BCUT2D eigenvalue weighted by molar-refractivity contribution is 14.1. The highest BCUT2D eigenvalue weighted by Crippen LogP contribution is 2.48. The fraction of sp³-hybridized carbons (Fsp3) is 0.333. The molecule has 13 heteroatoms. The molecule has 1 aromatic rings. The zero-order valence-corrected chi connectivity index (χ0v) is 24.2. The van der Waals surface area contributed by atoms with Gasteiger partial charge in [-0.2, -0.15) is 8.42 Å². The number of amides is 3. The van der Waals surface area contributed by atoms with Crippen molar-refractivity contribution < 1.29 is 27.4 Å². The van der Waals surface area contributed by atoms with E-state index < -0.39 is 27.3 Å². The Balaban J connectivity index is 1.94. The molecule has 1 fully saturated rings. The Bertz CT molecular complexity index is 1350. The number of allylic oxidation sites excluding steroid dienone is 5. The van der Waals surface area contributed by atoms with E-state index in [0.717, 1.165) is 11.4 Å². The number of carbonyl (C=O) groups is 3. The van der Waals surface area contributed by atoms with Gasteiger partial charge in [0.25, 0.3) is 21.9 Å². The molecule has 1 saturated heterocycles. The lowest BCUT2D eigenvalue weighted by molar-refractivity contribution is -0.128. The number of alkyl halides is 1. The standard InChI is InChI=1S/C24H27IN4O6S2/c1-24(2)17-13-15(37(33,34)35)9-10-18(17)29(12-6-11-26-20(30)14-25)19(24)8-5-4-7-16-21(31)27-23(36)28(3)22(16)32/h4-5,7-10,13H,6,11-12,14H2,1-3H3,(H,26,30)(H,27,31,36)(H,33,34,35)/b5-4+,16-7-,19-8+. The normalized spacial score (nSPS) is 19.6. The number of anilines is 1. The van der Waals surface area contributed by atoms with Crippen LogP contribution >= 0.6 is 34.8 Å². The molecule has 0 aliphatic carbocycles. The number of fused-ring (bicyclic) bond motifs is 1. The summed E-state index contributed by atoms with van der Waals surface area (Å²) in [6.45, 7) is 4.87. The zero-order valence-electron chi connectivity index (χ0n) is 20.4. The fourth-order valence-electron chi connectivity index (χ4n) is 4.13. The van der Waals surface area contributed by atoms with Gasteiger partial charge in [-0.1, -0.05) is 48.6 Å². The van der Waals surface area contributed by atoms with Gasteiger partial charge in [-0.15, -0.1) is 0 Å². The van der Waals surface area contributed by atoms with Gasteiger partial charge in [0.2, 0.25) is 5.91 Å². The first-order valence-electron chi connectivity index (χ1n) is 11.2. The van der Waals surface area contributed by atoms with Crippen LogP contribution in [-0.4, -0.2) is 65.3 Å². The average molecular weight is 659 g/mol. The van der Waals surface area contributed by atoms with E-state index in [1.807, 2.05) is 47.4 Å². The van der Waals surface area contributed by atoms with E-state index in [-0.39, 0.29) is 21.5 Å². The topological polar surface area (TPSA) is 136 Å². The lowest BCUT2D eigenvalue weighted by Gasteiger charge is -2.27. The van der Waals surface area contributed by atoms with Gasteiger partial charge in [0.05, 0.1) is 9.32 Å². The van der Waals surface area contributed by atoms with Crippen LogP contribution in [-0.2, 0) is 29.9 Å². The molecular formula is C24H27IN4O6S2. The third kappa shape index (κ3) is 6.27. The number of nitrogens with one attached hydrogen (secondary N) is 2. The lowest BCUT2D eigenvalue weighted by atomic mass is 9.83. The van der Waals surface area contributed by atoms with Gasteiger partial charge in [0, 0.05) is 36.9 Å². The molecule has 2 heterocycles. The van der Waals surface area contributed by atoms with Crippen LogP contribution in [0.1, 0.15) is 25.8 Å². The van der Waals surface area contributed by atoms with Gasteiger partial charge >= 0.3 is 0 Å². The summed E-state index contributed by atoms with van der Waals surface area (Å²) in [5.74, 6) is -1.14. The molecule has 10 nitrogen and oxygen atoms in total. The van der Waals surface area contributed by atoms with Gasteiger partial charge in [0.1, 0.15) is 5.57 Å². The van der Waals surface area contributed by atoms with Crippen LogP contribution in [0, 0.1) is 0 Å². The van der Waals surface area contributed by atoms with E-state index in [2.05, 4.69) is 10.6 Å². The molecule has 3 rings (SSSR count). The van der Waals surface area contributed by atoms with E-state index in [4.69, 9.17) is 12.2 Å². The van der Waals surface area contributed by atoms with Crippen LogP contribution in [0.15, 0.2) is 58.7 Å². The first-order valence-corrected chi connectivity index (χ1v) is 14.6. The molecule has 3 amide bonds. The molecule has 2 aliphatic heterocycles. The Morgan fingerprint density at radius 1 is 1.24 bits per heavy atom. The van der Waals surface area contributed by atoms with Crippen molar-refractivity contribution in [2.45, 2.75) is 30.6 Å². The van der Waals surface area contributed by atoms with Crippen LogP contribution in [0.25, 0.3) is 0 Å². The summed E-state index contributed by atoms with van der Waals surface area (Å²) in [6, 6.07) is 4.47. The van der Waals surface area contributed by atoms with Crippen molar-refractivity contribution in [1.82, 2.24) is 15.5 Å². The molecule has 1 aromatic carbocycles. The van der Waals surface area contributed by atoms with Gasteiger partial charge < -0.3 is 10.2 Å². The quantitative estimate of drug-likeness (QED) is 0.0737. The number of benzene rings is 1. The number of carbonyl (C=O) groups excluding carboxylic acids is 3. The number of hydrogen-bond donors (Lipinski definition) is 3. The molecule has 0 bridgehead atoms. The second-order valence-electron chi connectivity index (χ2n) is 8.91. The minimum Gasteiger partial charge on any atom is -0.355 e. The molecular weight excluding hydrogens is 631 g/mol. The number of rotatable bonds is 8. The Morgan fingerprint density at radius 3 is 2.57 bits per heavy atom. The van der Waals surface area contributed by atoms with Gasteiger partial charge in [-0.05, 0) is 54.6 Å². The number of halogens is 1. The molecule has 37 heavy (non-hydrogen) atoms. The van der Waals surface area contributed by atoms with Crippen LogP contribution < -0.4 is 15.5 Å². The Hall–Kier alpha value is -2.62. The van der Waals surface area contributed by atoms with Crippen LogP contribution in [0.5, 0.6) is 0 Å². The van der Waals surface area contributed by atoms with Crippen LogP contribution in [0.2, 0.25) is 0 Å². The number of thiocarbonyl (C=S) groups is 1.